The Balaban J connectivity index is 1.24. The van der Waals surface area contributed by atoms with Gasteiger partial charge in [-0.2, -0.15) is 0 Å². The second-order valence-electron chi connectivity index (χ2n) is 6.89. The molecule has 3 aromatic rings. The van der Waals surface area contributed by atoms with Crippen LogP contribution in [0.4, 0.5) is 0 Å². The van der Waals surface area contributed by atoms with Gasteiger partial charge < -0.3 is 9.64 Å². The number of fused-ring (bicyclic) bond motifs is 1. The van der Waals surface area contributed by atoms with Crippen molar-refractivity contribution in [2.75, 3.05) is 19.7 Å². The highest BCUT2D eigenvalue weighted by atomic mass is 32.1. The van der Waals surface area contributed by atoms with Gasteiger partial charge in [-0.3, -0.25) is 4.79 Å². The molecule has 27 heavy (non-hydrogen) atoms. The van der Waals surface area contributed by atoms with E-state index in [0.29, 0.717) is 26.1 Å². The van der Waals surface area contributed by atoms with Crippen LogP contribution in [0.5, 0.6) is 0 Å². The van der Waals surface area contributed by atoms with Crippen molar-refractivity contribution < 1.29 is 9.53 Å². The molecule has 1 saturated heterocycles. The first kappa shape index (κ1) is 18.1. The Morgan fingerprint density at radius 2 is 1.93 bits per heavy atom. The molecule has 0 bridgehead atoms. The normalized spacial score (nSPS) is 17.3. The van der Waals surface area contributed by atoms with Gasteiger partial charge in [0.2, 0.25) is 5.91 Å². The third-order valence-electron chi connectivity index (χ3n) is 4.96. The van der Waals surface area contributed by atoms with Crippen molar-refractivity contribution >= 4 is 27.5 Å². The summed E-state index contributed by atoms with van der Waals surface area (Å²) in [5, 5.41) is 1.17. The minimum Gasteiger partial charge on any atom is -0.370 e. The molecule has 0 aliphatic carbocycles. The fourth-order valence-electron chi connectivity index (χ4n) is 3.48. The van der Waals surface area contributed by atoms with E-state index in [-0.39, 0.29) is 12.0 Å². The number of carbonyl (C=O) groups is 1. The third kappa shape index (κ3) is 4.54. The molecule has 0 spiro atoms. The number of carbonyl (C=O) groups excluding carboxylic acids is 1. The van der Waals surface area contributed by atoms with Crippen LogP contribution in [0.1, 0.15) is 35.9 Å². The SMILES string of the molecule is O=C(CCCCc1nc2ccccc2s1)N1CCOC(c2ccccc2)C1. The van der Waals surface area contributed by atoms with E-state index in [2.05, 4.69) is 29.2 Å². The lowest BCUT2D eigenvalue weighted by molar-refractivity contribution is -0.139. The number of amides is 1. The van der Waals surface area contributed by atoms with Crippen molar-refractivity contribution in [2.45, 2.75) is 31.8 Å². The van der Waals surface area contributed by atoms with Crippen LogP contribution in [-0.4, -0.2) is 35.5 Å². The number of hydrogen-bond donors (Lipinski definition) is 0. The summed E-state index contributed by atoms with van der Waals surface area (Å²) in [6.45, 7) is 1.96. The Morgan fingerprint density at radius 3 is 2.78 bits per heavy atom. The summed E-state index contributed by atoms with van der Waals surface area (Å²) >= 11 is 1.76. The van der Waals surface area contributed by atoms with Crippen molar-refractivity contribution in [3.8, 4) is 0 Å². The molecule has 1 aromatic heterocycles. The van der Waals surface area contributed by atoms with Crippen LogP contribution < -0.4 is 0 Å². The number of thiazole rings is 1. The second-order valence-corrected chi connectivity index (χ2v) is 8.01. The zero-order chi connectivity index (χ0) is 18.5. The second kappa shape index (κ2) is 8.63. The fraction of sp³-hybridized carbons (Fsp3) is 0.364. The number of ether oxygens (including phenoxy) is 1. The van der Waals surface area contributed by atoms with Crippen LogP contribution in [0.3, 0.4) is 0 Å². The molecule has 5 heteroatoms. The first-order valence-electron chi connectivity index (χ1n) is 9.58. The Hall–Kier alpha value is -2.24. The lowest BCUT2D eigenvalue weighted by atomic mass is 10.1. The molecule has 2 aromatic carbocycles. The summed E-state index contributed by atoms with van der Waals surface area (Å²) in [5.41, 5.74) is 2.22. The summed E-state index contributed by atoms with van der Waals surface area (Å²) in [5.74, 6) is 0.239. The zero-order valence-electron chi connectivity index (χ0n) is 15.3. The first-order chi connectivity index (χ1) is 13.3. The average Bonchev–Trinajstić information content (AvgIpc) is 3.15. The maximum atomic E-state index is 12.6. The van der Waals surface area contributed by atoms with E-state index in [1.54, 1.807) is 11.3 Å². The molecule has 1 fully saturated rings. The number of unbranched alkanes of at least 4 members (excludes halogenated alkanes) is 1. The number of hydrogen-bond acceptors (Lipinski definition) is 4. The van der Waals surface area contributed by atoms with Crippen LogP contribution in [0.15, 0.2) is 54.6 Å². The summed E-state index contributed by atoms with van der Waals surface area (Å²) in [7, 11) is 0. The van der Waals surface area contributed by atoms with Crippen LogP contribution in [-0.2, 0) is 16.0 Å². The number of aromatic nitrogens is 1. The standard InChI is InChI=1S/C22H24N2O2S/c25-22(24-14-15-26-19(16-24)17-8-2-1-3-9-17)13-7-6-12-21-23-18-10-4-5-11-20(18)27-21/h1-5,8-11,19H,6-7,12-16H2. The van der Waals surface area contributed by atoms with Crippen LogP contribution in [0, 0.1) is 0 Å². The summed E-state index contributed by atoms with van der Waals surface area (Å²) in [6, 6.07) is 18.4. The number of morpholine rings is 1. The molecule has 0 radical (unpaired) electrons. The smallest absolute Gasteiger partial charge is 0.222 e. The Bertz CT molecular complexity index is 860. The maximum absolute atomic E-state index is 12.6. The maximum Gasteiger partial charge on any atom is 0.222 e. The number of aryl methyl sites for hydroxylation is 1. The molecule has 140 valence electrons. The van der Waals surface area contributed by atoms with E-state index in [9.17, 15) is 4.79 Å². The molecule has 1 amide bonds. The molecule has 1 atom stereocenters. The molecule has 1 aliphatic heterocycles. The highest BCUT2D eigenvalue weighted by molar-refractivity contribution is 7.18. The van der Waals surface area contributed by atoms with Gasteiger partial charge in [0, 0.05) is 13.0 Å². The Labute approximate surface area is 163 Å². The van der Waals surface area contributed by atoms with E-state index < -0.39 is 0 Å². The highest BCUT2D eigenvalue weighted by Crippen LogP contribution is 2.24. The van der Waals surface area contributed by atoms with Crippen molar-refractivity contribution in [1.29, 1.82) is 0 Å². The van der Waals surface area contributed by atoms with Gasteiger partial charge in [-0.05, 0) is 37.0 Å². The lowest BCUT2D eigenvalue weighted by Crippen LogP contribution is -2.42. The fourth-order valence-corrected chi connectivity index (χ4v) is 4.49. The summed E-state index contributed by atoms with van der Waals surface area (Å²) in [4.78, 5) is 19.2. The van der Waals surface area contributed by atoms with Crippen LogP contribution >= 0.6 is 11.3 Å². The molecule has 1 unspecified atom stereocenters. The monoisotopic (exact) mass is 380 g/mol. The molecule has 2 heterocycles. The van der Waals surface area contributed by atoms with Gasteiger partial charge >= 0.3 is 0 Å². The largest absolute Gasteiger partial charge is 0.370 e. The van der Waals surface area contributed by atoms with E-state index in [4.69, 9.17) is 4.74 Å². The topological polar surface area (TPSA) is 42.4 Å². The van der Waals surface area contributed by atoms with Crippen LogP contribution in [0.2, 0.25) is 0 Å². The molecule has 4 rings (SSSR count). The van der Waals surface area contributed by atoms with E-state index in [0.717, 1.165) is 30.3 Å². The number of nitrogens with zero attached hydrogens (tertiary/aromatic N) is 2. The molecule has 4 nitrogen and oxygen atoms in total. The van der Waals surface area contributed by atoms with Crippen molar-refractivity contribution in [3.05, 3.63) is 65.2 Å². The minimum atomic E-state index is -0.00773. The first-order valence-corrected chi connectivity index (χ1v) is 10.4. The molecule has 0 N–H and O–H groups in total. The molecular formula is C22H24N2O2S. The van der Waals surface area contributed by atoms with E-state index >= 15 is 0 Å². The molecular weight excluding hydrogens is 356 g/mol. The van der Waals surface area contributed by atoms with Gasteiger partial charge in [0.25, 0.3) is 0 Å². The Kier molecular flexibility index (Phi) is 5.80. The number of benzene rings is 2. The number of rotatable bonds is 6. The van der Waals surface area contributed by atoms with Gasteiger partial charge in [0.15, 0.2) is 0 Å². The van der Waals surface area contributed by atoms with Gasteiger partial charge in [-0.1, -0.05) is 42.5 Å². The molecule has 0 saturated carbocycles. The predicted octanol–water partition coefficient (Wildman–Crippen LogP) is 4.61. The molecule has 1 aliphatic rings. The predicted molar refractivity (Wildman–Crippen MR) is 109 cm³/mol. The zero-order valence-corrected chi connectivity index (χ0v) is 16.2. The Morgan fingerprint density at radius 1 is 1.11 bits per heavy atom. The average molecular weight is 381 g/mol. The summed E-state index contributed by atoms with van der Waals surface area (Å²) < 4.78 is 7.10. The highest BCUT2D eigenvalue weighted by Gasteiger charge is 2.24. The quantitative estimate of drug-likeness (QED) is 0.587. The lowest BCUT2D eigenvalue weighted by Gasteiger charge is -2.33. The van der Waals surface area contributed by atoms with Crippen molar-refractivity contribution in [3.63, 3.8) is 0 Å². The van der Waals surface area contributed by atoms with Gasteiger partial charge in [0.1, 0.15) is 6.10 Å². The van der Waals surface area contributed by atoms with Crippen LogP contribution in [0.25, 0.3) is 10.2 Å². The van der Waals surface area contributed by atoms with Gasteiger partial charge in [0.05, 0.1) is 28.4 Å². The van der Waals surface area contributed by atoms with Crippen molar-refractivity contribution in [1.82, 2.24) is 9.88 Å². The van der Waals surface area contributed by atoms with E-state index in [1.807, 2.05) is 35.2 Å². The van der Waals surface area contributed by atoms with Gasteiger partial charge in [-0.25, -0.2) is 4.98 Å². The third-order valence-corrected chi connectivity index (χ3v) is 6.06. The minimum absolute atomic E-state index is 0.00773. The van der Waals surface area contributed by atoms with E-state index in [1.165, 1.54) is 9.71 Å². The summed E-state index contributed by atoms with van der Waals surface area (Å²) in [6.07, 6.45) is 3.45. The van der Waals surface area contributed by atoms with Gasteiger partial charge in [-0.15, -0.1) is 11.3 Å². The van der Waals surface area contributed by atoms with Crippen molar-refractivity contribution in [2.24, 2.45) is 0 Å². The number of para-hydroxylation sites is 1.